The molecule has 0 unspecified atom stereocenters. The Bertz CT molecular complexity index is 1210. The normalized spacial score (nSPS) is 19.1. The Hall–Kier alpha value is -3.11. The molecule has 2 heterocycles. The molecule has 4 rings (SSSR count). The summed E-state index contributed by atoms with van der Waals surface area (Å²) in [6.07, 6.45) is -4.02. The molecule has 1 aliphatic heterocycles. The third-order valence-corrected chi connectivity index (χ3v) is 5.55. The van der Waals surface area contributed by atoms with E-state index >= 15 is 0 Å². The predicted octanol–water partition coefficient (Wildman–Crippen LogP) is 3.76. The van der Waals surface area contributed by atoms with E-state index in [1.165, 1.54) is 24.3 Å². The summed E-state index contributed by atoms with van der Waals surface area (Å²) >= 11 is 5.77. The van der Waals surface area contributed by atoms with E-state index in [2.05, 4.69) is 10.3 Å². The molecule has 6 nitrogen and oxygen atoms in total. The maximum Gasteiger partial charge on any atom is 0.418 e. The number of alkyl halides is 3. The number of carbonyl (C=O) groups is 2. The van der Waals surface area contributed by atoms with Gasteiger partial charge in [0.2, 0.25) is 5.60 Å². The first-order valence-electron chi connectivity index (χ1n) is 9.45. The lowest BCUT2D eigenvalue weighted by Crippen LogP contribution is -2.52. The number of aliphatic hydroxyl groups is 1. The third-order valence-electron chi connectivity index (χ3n) is 5.33. The summed E-state index contributed by atoms with van der Waals surface area (Å²) in [5.41, 5.74) is -2.62. The molecule has 0 aliphatic carbocycles. The number of nitrogens with one attached hydrogen (secondary N) is 2. The number of benzene rings is 2. The number of anilines is 1. The van der Waals surface area contributed by atoms with Gasteiger partial charge in [-0.15, -0.1) is 0 Å². The Morgan fingerprint density at radius 1 is 1.25 bits per heavy atom. The smallest absolute Gasteiger partial charge is 0.372 e. The summed E-state index contributed by atoms with van der Waals surface area (Å²) < 4.78 is 53.1. The Labute approximate surface area is 183 Å². The Balaban J connectivity index is 1.54. The average Bonchev–Trinajstić information content (AvgIpc) is 3.27. The van der Waals surface area contributed by atoms with Crippen molar-refractivity contribution in [2.45, 2.75) is 24.7 Å². The van der Waals surface area contributed by atoms with Crippen molar-refractivity contribution in [3.8, 4) is 0 Å². The first kappa shape index (κ1) is 22.1. The predicted molar refractivity (Wildman–Crippen MR) is 108 cm³/mol. The van der Waals surface area contributed by atoms with Crippen molar-refractivity contribution in [2.24, 2.45) is 0 Å². The van der Waals surface area contributed by atoms with Crippen LogP contribution in [0.2, 0.25) is 5.02 Å². The van der Waals surface area contributed by atoms with Crippen LogP contribution in [0, 0.1) is 5.82 Å². The van der Waals surface area contributed by atoms with Crippen molar-refractivity contribution in [1.29, 1.82) is 0 Å². The minimum absolute atomic E-state index is 0.0776. The van der Waals surface area contributed by atoms with Crippen molar-refractivity contribution >= 4 is 40.0 Å². The third kappa shape index (κ3) is 3.91. The molecular formula is C21H16ClF4N3O3. The van der Waals surface area contributed by atoms with Gasteiger partial charge in [-0.25, -0.2) is 4.39 Å². The highest BCUT2D eigenvalue weighted by Gasteiger charge is 2.51. The quantitative estimate of drug-likeness (QED) is 0.402. The molecule has 1 aromatic heterocycles. The van der Waals surface area contributed by atoms with Crippen LogP contribution >= 0.6 is 11.6 Å². The van der Waals surface area contributed by atoms with Gasteiger partial charge in [0.15, 0.2) is 0 Å². The van der Waals surface area contributed by atoms with Crippen molar-refractivity contribution in [1.82, 2.24) is 10.3 Å². The van der Waals surface area contributed by atoms with Crippen LogP contribution in [0.25, 0.3) is 10.9 Å². The van der Waals surface area contributed by atoms with Gasteiger partial charge in [-0.2, -0.15) is 13.2 Å². The Kier molecular flexibility index (Phi) is 5.38. The zero-order valence-corrected chi connectivity index (χ0v) is 17.0. The summed E-state index contributed by atoms with van der Waals surface area (Å²) in [5, 5.41) is 13.1. The minimum atomic E-state index is -4.59. The molecule has 1 saturated heterocycles. The number of hydrogen-bond acceptors (Lipinski definition) is 3. The van der Waals surface area contributed by atoms with Crippen LogP contribution in [0.3, 0.4) is 0 Å². The summed E-state index contributed by atoms with van der Waals surface area (Å²) in [4.78, 5) is 29.0. The highest BCUT2D eigenvalue weighted by Crippen LogP contribution is 2.37. The lowest BCUT2D eigenvalue weighted by atomic mass is 10.0. The summed E-state index contributed by atoms with van der Waals surface area (Å²) in [6.45, 7) is -0.262. The lowest BCUT2D eigenvalue weighted by molar-refractivity contribution is -0.149. The van der Waals surface area contributed by atoms with E-state index in [0.717, 1.165) is 23.2 Å². The first-order chi connectivity index (χ1) is 15.0. The van der Waals surface area contributed by atoms with Crippen LogP contribution in [0.15, 0.2) is 42.6 Å². The van der Waals surface area contributed by atoms with Crippen molar-refractivity contribution in [3.63, 3.8) is 0 Å². The fourth-order valence-corrected chi connectivity index (χ4v) is 3.96. The second-order valence-electron chi connectivity index (χ2n) is 7.46. The van der Waals surface area contributed by atoms with Crippen molar-refractivity contribution in [3.05, 3.63) is 64.6 Å². The van der Waals surface area contributed by atoms with E-state index in [4.69, 9.17) is 11.6 Å². The van der Waals surface area contributed by atoms with E-state index in [0.29, 0.717) is 5.56 Å². The van der Waals surface area contributed by atoms with E-state index in [1.807, 2.05) is 0 Å². The standard InChI is InChI=1S/C21H16ClF4N3O3/c22-12-5-11(6-13(23)7-12)9-28-18(30)20(32)3-4-29(19(20)31)14-1-2-17-15(8-14)16(10-27-17)21(24,25)26/h1-2,5-8,10,27,32H,3-4,9H2,(H,28,30)/t20-/m1/s1. The average molecular weight is 470 g/mol. The highest BCUT2D eigenvalue weighted by molar-refractivity contribution is 6.30. The molecule has 2 amide bonds. The molecule has 168 valence electrons. The van der Waals surface area contributed by atoms with Gasteiger partial charge in [0, 0.05) is 47.3 Å². The van der Waals surface area contributed by atoms with Crippen molar-refractivity contribution in [2.75, 3.05) is 11.4 Å². The summed E-state index contributed by atoms with van der Waals surface area (Å²) in [5.74, 6) is -2.57. The second-order valence-corrected chi connectivity index (χ2v) is 7.89. The van der Waals surface area contributed by atoms with Gasteiger partial charge < -0.3 is 20.3 Å². The number of halogens is 5. The number of rotatable bonds is 4. The molecule has 11 heteroatoms. The number of H-pyrrole nitrogens is 1. The summed E-state index contributed by atoms with van der Waals surface area (Å²) in [7, 11) is 0. The number of nitrogens with zero attached hydrogens (tertiary/aromatic N) is 1. The molecule has 0 saturated carbocycles. The van der Waals surface area contributed by atoms with E-state index in [1.54, 1.807) is 0 Å². The van der Waals surface area contributed by atoms with Gasteiger partial charge in [0.05, 0.1) is 5.56 Å². The van der Waals surface area contributed by atoms with Crippen LogP contribution < -0.4 is 10.2 Å². The van der Waals surface area contributed by atoms with Gasteiger partial charge in [-0.3, -0.25) is 9.59 Å². The van der Waals surface area contributed by atoms with Gasteiger partial charge in [0.25, 0.3) is 11.8 Å². The van der Waals surface area contributed by atoms with Gasteiger partial charge in [-0.1, -0.05) is 11.6 Å². The minimum Gasteiger partial charge on any atom is -0.372 e. The fourth-order valence-electron chi connectivity index (χ4n) is 3.71. The molecule has 3 aromatic rings. The monoisotopic (exact) mass is 469 g/mol. The SMILES string of the molecule is O=C(NCc1cc(F)cc(Cl)c1)[C@]1(O)CCN(c2ccc3[nH]cc(C(F)(F)F)c3c2)C1=O. The van der Waals surface area contributed by atoms with Gasteiger partial charge >= 0.3 is 6.18 Å². The van der Waals surface area contributed by atoms with Crippen LogP contribution in [0.1, 0.15) is 17.5 Å². The number of aromatic amines is 1. The largest absolute Gasteiger partial charge is 0.418 e. The Morgan fingerprint density at radius 3 is 2.69 bits per heavy atom. The van der Waals surface area contributed by atoms with Crippen LogP contribution in [-0.2, 0) is 22.3 Å². The number of carbonyl (C=O) groups excluding carboxylic acids is 2. The number of hydrogen-bond donors (Lipinski definition) is 3. The molecule has 0 bridgehead atoms. The van der Waals surface area contributed by atoms with Crippen LogP contribution in [-0.4, -0.2) is 34.1 Å². The molecule has 0 radical (unpaired) electrons. The molecule has 1 fully saturated rings. The zero-order chi connectivity index (χ0) is 23.3. The van der Waals surface area contributed by atoms with E-state index in [9.17, 15) is 32.3 Å². The van der Waals surface area contributed by atoms with E-state index in [-0.39, 0.29) is 41.1 Å². The molecule has 2 aromatic carbocycles. The highest BCUT2D eigenvalue weighted by atomic mass is 35.5. The number of amides is 2. The van der Waals surface area contributed by atoms with Gasteiger partial charge in [0.1, 0.15) is 5.82 Å². The van der Waals surface area contributed by atoms with Crippen molar-refractivity contribution < 1.29 is 32.3 Å². The van der Waals surface area contributed by atoms with Gasteiger partial charge in [-0.05, 0) is 42.0 Å². The molecule has 1 atom stereocenters. The zero-order valence-electron chi connectivity index (χ0n) is 16.3. The first-order valence-corrected chi connectivity index (χ1v) is 9.83. The molecular weight excluding hydrogens is 454 g/mol. The number of aromatic nitrogens is 1. The molecule has 32 heavy (non-hydrogen) atoms. The van der Waals surface area contributed by atoms with Crippen LogP contribution in [0.4, 0.5) is 23.2 Å². The molecule has 1 aliphatic rings. The fraction of sp³-hybridized carbons (Fsp3) is 0.238. The topological polar surface area (TPSA) is 85.4 Å². The van der Waals surface area contributed by atoms with E-state index < -0.39 is 35.0 Å². The second kappa shape index (κ2) is 7.79. The molecule has 0 spiro atoms. The van der Waals surface area contributed by atoms with Crippen LogP contribution in [0.5, 0.6) is 0 Å². The Morgan fingerprint density at radius 2 is 2.00 bits per heavy atom. The lowest BCUT2D eigenvalue weighted by Gasteiger charge is -2.22. The summed E-state index contributed by atoms with van der Waals surface area (Å²) in [6, 6.07) is 7.65. The maximum absolute atomic E-state index is 13.4. The molecule has 3 N–H and O–H groups in total. The number of fused-ring (bicyclic) bond motifs is 1. The maximum atomic E-state index is 13.4.